The first kappa shape index (κ1) is 16.7. The molecule has 0 atom stereocenters. The zero-order valence-corrected chi connectivity index (χ0v) is 14.2. The number of rotatable bonds is 6. The molecule has 124 valence electrons. The van der Waals surface area contributed by atoms with Crippen molar-refractivity contribution in [2.75, 3.05) is 17.2 Å². The third-order valence-corrected chi connectivity index (χ3v) is 3.82. The summed E-state index contributed by atoms with van der Waals surface area (Å²) in [4.78, 5) is 8.43. The molecule has 0 radical (unpaired) electrons. The third kappa shape index (κ3) is 4.93. The van der Waals surface area contributed by atoms with Crippen LogP contribution in [0.3, 0.4) is 0 Å². The molecule has 0 spiro atoms. The third-order valence-electron chi connectivity index (χ3n) is 3.56. The van der Waals surface area contributed by atoms with E-state index in [2.05, 4.69) is 26.7 Å². The lowest BCUT2D eigenvalue weighted by atomic mass is 10.1. The number of nitrogens with zero attached hydrogens (tertiary/aromatic N) is 3. The Labute approximate surface area is 151 Å². The van der Waals surface area contributed by atoms with Crippen LogP contribution in [0, 0.1) is 11.3 Å². The van der Waals surface area contributed by atoms with Crippen molar-refractivity contribution in [3.8, 4) is 6.07 Å². The molecule has 2 aromatic carbocycles. The normalized spacial score (nSPS) is 10.1. The molecule has 1 aromatic heterocycles. The van der Waals surface area contributed by atoms with Gasteiger partial charge in [0.05, 0.1) is 11.6 Å². The Morgan fingerprint density at radius 3 is 2.60 bits per heavy atom. The molecule has 0 aliphatic heterocycles. The molecule has 3 aromatic rings. The van der Waals surface area contributed by atoms with Crippen LogP contribution in [0.5, 0.6) is 0 Å². The molecule has 2 N–H and O–H groups in total. The highest BCUT2D eigenvalue weighted by molar-refractivity contribution is 6.30. The minimum absolute atomic E-state index is 0.598. The second kappa shape index (κ2) is 8.13. The van der Waals surface area contributed by atoms with E-state index in [0.29, 0.717) is 11.4 Å². The first-order valence-electron chi connectivity index (χ1n) is 7.80. The number of aromatic nitrogens is 2. The average molecular weight is 350 g/mol. The summed E-state index contributed by atoms with van der Waals surface area (Å²) in [5.41, 5.74) is 2.61. The predicted octanol–water partition coefficient (Wildman–Crippen LogP) is 4.40. The minimum atomic E-state index is 0.598. The Balaban J connectivity index is 1.59. The number of nitrogens with one attached hydrogen (secondary N) is 2. The zero-order chi connectivity index (χ0) is 17.5. The number of nitriles is 1. The van der Waals surface area contributed by atoms with Crippen molar-refractivity contribution in [2.45, 2.75) is 6.42 Å². The van der Waals surface area contributed by atoms with Gasteiger partial charge >= 0.3 is 0 Å². The van der Waals surface area contributed by atoms with Gasteiger partial charge in [-0.1, -0.05) is 29.8 Å². The molecule has 6 heteroatoms. The van der Waals surface area contributed by atoms with Gasteiger partial charge in [0.15, 0.2) is 0 Å². The van der Waals surface area contributed by atoms with Crippen LogP contribution in [0.15, 0.2) is 60.9 Å². The standard InChI is InChI=1S/C19H16ClN5/c20-16-6-4-14(5-7-16)8-9-22-18-11-19(24-13-23-18)25-17-3-1-2-15(10-17)12-21/h1-7,10-11,13H,8-9H2,(H2,22,23,24,25). The van der Waals surface area contributed by atoms with E-state index in [-0.39, 0.29) is 0 Å². The fourth-order valence-corrected chi connectivity index (χ4v) is 2.45. The van der Waals surface area contributed by atoms with Crippen LogP contribution in [0.1, 0.15) is 11.1 Å². The van der Waals surface area contributed by atoms with Gasteiger partial charge in [0, 0.05) is 23.3 Å². The lowest BCUT2D eigenvalue weighted by molar-refractivity contribution is 1.000. The minimum Gasteiger partial charge on any atom is -0.370 e. The van der Waals surface area contributed by atoms with Crippen molar-refractivity contribution < 1.29 is 0 Å². The molecule has 1 heterocycles. The lowest BCUT2D eigenvalue weighted by Gasteiger charge is -2.09. The van der Waals surface area contributed by atoms with Crippen LogP contribution in [0.2, 0.25) is 5.02 Å². The highest BCUT2D eigenvalue weighted by atomic mass is 35.5. The van der Waals surface area contributed by atoms with Crippen LogP contribution >= 0.6 is 11.6 Å². The van der Waals surface area contributed by atoms with Crippen molar-refractivity contribution in [3.05, 3.63) is 77.1 Å². The van der Waals surface area contributed by atoms with Crippen molar-refractivity contribution in [3.63, 3.8) is 0 Å². The smallest absolute Gasteiger partial charge is 0.135 e. The molecule has 0 aliphatic carbocycles. The number of benzene rings is 2. The van der Waals surface area contributed by atoms with E-state index in [1.165, 1.54) is 11.9 Å². The molecular formula is C19H16ClN5. The summed E-state index contributed by atoms with van der Waals surface area (Å²) in [6, 6.07) is 19.0. The summed E-state index contributed by atoms with van der Waals surface area (Å²) in [6.07, 6.45) is 2.37. The van der Waals surface area contributed by atoms with Gasteiger partial charge in [0.2, 0.25) is 0 Å². The molecule has 0 aliphatic rings. The maximum atomic E-state index is 8.96. The van der Waals surface area contributed by atoms with Crippen molar-refractivity contribution in [1.82, 2.24) is 9.97 Å². The Morgan fingerprint density at radius 2 is 1.80 bits per heavy atom. The van der Waals surface area contributed by atoms with E-state index >= 15 is 0 Å². The highest BCUT2D eigenvalue weighted by Gasteiger charge is 2.01. The number of hydrogen-bond acceptors (Lipinski definition) is 5. The van der Waals surface area contributed by atoms with Crippen LogP contribution in [0.25, 0.3) is 0 Å². The maximum Gasteiger partial charge on any atom is 0.135 e. The zero-order valence-electron chi connectivity index (χ0n) is 13.4. The quantitative estimate of drug-likeness (QED) is 0.690. The summed E-state index contributed by atoms with van der Waals surface area (Å²) in [7, 11) is 0. The van der Waals surface area contributed by atoms with Gasteiger partial charge in [0.25, 0.3) is 0 Å². The fraction of sp³-hybridized carbons (Fsp3) is 0.105. The number of hydrogen-bond donors (Lipinski definition) is 2. The average Bonchev–Trinajstić information content (AvgIpc) is 2.64. The molecule has 25 heavy (non-hydrogen) atoms. The van der Waals surface area contributed by atoms with Gasteiger partial charge in [0.1, 0.15) is 18.0 Å². The summed E-state index contributed by atoms with van der Waals surface area (Å²) < 4.78 is 0. The number of halogens is 1. The van der Waals surface area contributed by atoms with Gasteiger partial charge in [-0.3, -0.25) is 0 Å². The molecule has 0 saturated carbocycles. The van der Waals surface area contributed by atoms with Crippen molar-refractivity contribution in [1.29, 1.82) is 5.26 Å². The van der Waals surface area contributed by atoms with Crippen LogP contribution in [-0.2, 0) is 6.42 Å². The fourth-order valence-electron chi connectivity index (χ4n) is 2.32. The van der Waals surface area contributed by atoms with Gasteiger partial charge in [-0.2, -0.15) is 5.26 Å². The molecule has 0 fully saturated rings. The van der Waals surface area contributed by atoms with Gasteiger partial charge in [-0.25, -0.2) is 9.97 Å². The Hall–Kier alpha value is -3.10. The Morgan fingerprint density at radius 1 is 1.00 bits per heavy atom. The maximum absolute atomic E-state index is 8.96. The molecule has 3 rings (SSSR count). The van der Waals surface area contributed by atoms with E-state index in [1.807, 2.05) is 42.5 Å². The van der Waals surface area contributed by atoms with E-state index in [4.69, 9.17) is 16.9 Å². The predicted molar refractivity (Wildman–Crippen MR) is 100 cm³/mol. The molecule has 0 bridgehead atoms. The van der Waals surface area contributed by atoms with Crippen LogP contribution in [0.4, 0.5) is 17.3 Å². The highest BCUT2D eigenvalue weighted by Crippen LogP contribution is 2.17. The second-order valence-electron chi connectivity index (χ2n) is 5.41. The van der Waals surface area contributed by atoms with Crippen molar-refractivity contribution in [2.24, 2.45) is 0 Å². The molecule has 0 amide bonds. The molecule has 5 nitrogen and oxygen atoms in total. The molecule has 0 unspecified atom stereocenters. The summed E-state index contributed by atoms with van der Waals surface area (Å²) >= 11 is 5.89. The van der Waals surface area contributed by atoms with E-state index in [0.717, 1.165) is 29.5 Å². The van der Waals surface area contributed by atoms with Gasteiger partial charge < -0.3 is 10.6 Å². The lowest BCUT2D eigenvalue weighted by Crippen LogP contribution is -2.07. The Kier molecular flexibility index (Phi) is 5.45. The van der Waals surface area contributed by atoms with E-state index < -0.39 is 0 Å². The first-order valence-corrected chi connectivity index (χ1v) is 8.18. The van der Waals surface area contributed by atoms with Gasteiger partial charge in [-0.05, 0) is 42.3 Å². The SMILES string of the molecule is N#Cc1cccc(Nc2cc(NCCc3ccc(Cl)cc3)ncn2)c1. The van der Waals surface area contributed by atoms with Gasteiger partial charge in [-0.15, -0.1) is 0 Å². The summed E-state index contributed by atoms with van der Waals surface area (Å²) in [5, 5.41) is 16.2. The second-order valence-corrected chi connectivity index (χ2v) is 5.85. The van der Waals surface area contributed by atoms with Crippen LogP contribution in [-0.4, -0.2) is 16.5 Å². The van der Waals surface area contributed by atoms with Crippen LogP contribution < -0.4 is 10.6 Å². The molecule has 0 saturated heterocycles. The summed E-state index contributed by atoms with van der Waals surface area (Å²) in [6.45, 7) is 0.752. The van der Waals surface area contributed by atoms with E-state index in [9.17, 15) is 0 Å². The topological polar surface area (TPSA) is 73.6 Å². The summed E-state index contributed by atoms with van der Waals surface area (Å²) in [5.74, 6) is 1.40. The van der Waals surface area contributed by atoms with E-state index in [1.54, 1.807) is 12.1 Å². The monoisotopic (exact) mass is 349 g/mol. The van der Waals surface area contributed by atoms with Crippen molar-refractivity contribution >= 4 is 28.9 Å². The molecular weight excluding hydrogens is 334 g/mol. The number of anilines is 3. The largest absolute Gasteiger partial charge is 0.370 e. The first-order chi connectivity index (χ1) is 12.2. The Bertz CT molecular complexity index is 887.